The molecule has 2 unspecified atom stereocenters. The molecule has 2 aliphatic rings. The molecule has 0 bridgehead atoms. The first-order valence-electron chi connectivity index (χ1n) is 10.7. The van der Waals surface area contributed by atoms with E-state index >= 15 is 0 Å². The van der Waals surface area contributed by atoms with Crippen LogP contribution in [0.3, 0.4) is 0 Å². The van der Waals surface area contributed by atoms with E-state index in [2.05, 4.69) is 17.4 Å². The summed E-state index contributed by atoms with van der Waals surface area (Å²) in [7, 11) is 0. The maximum absolute atomic E-state index is 13.1. The number of rotatable bonds is 5. The van der Waals surface area contributed by atoms with E-state index in [4.69, 9.17) is 5.73 Å². The van der Waals surface area contributed by atoms with E-state index in [1.807, 2.05) is 12.1 Å². The number of carbonyl (C=O) groups excluding carboxylic acids is 2. The zero-order chi connectivity index (χ0) is 21.1. The van der Waals surface area contributed by atoms with Crippen LogP contribution >= 0.6 is 12.4 Å². The first-order chi connectivity index (χ1) is 14.5. The molecule has 6 nitrogen and oxygen atoms in total. The van der Waals surface area contributed by atoms with Crippen LogP contribution in [0, 0.1) is 0 Å². The van der Waals surface area contributed by atoms with Crippen molar-refractivity contribution in [3.05, 3.63) is 65.2 Å². The second-order valence-electron chi connectivity index (χ2n) is 8.32. The number of hydrogen-bond acceptors (Lipinski definition) is 4. The molecular weight excluding hydrogens is 414 g/mol. The molecule has 0 spiro atoms. The van der Waals surface area contributed by atoms with Gasteiger partial charge in [-0.15, -0.1) is 12.4 Å². The van der Waals surface area contributed by atoms with Gasteiger partial charge in [-0.2, -0.15) is 0 Å². The number of benzene rings is 2. The number of aryl methyl sites for hydroxylation is 1. The Balaban J connectivity index is 0.00000272. The van der Waals surface area contributed by atoms with Crippen molar-refractivity contribution in [1.82, 2.24) is 10.2 Å². The van der Waals surface area contributed by atoms with Crippen LogP contribution in [-0.4, -0.2) is 40.4 Å². The number of hydrogen-bond donors (Lipinski definition) is 3. The van der Waals surface area contributed by atoms with E-state index in [9.17, 15) is 14.7 Å². The molecule has 2 aromatic carbocycles. The fraction of sp³-hybridized carbons (Fsp3) is 0.417. The lowest BCUT2D eigenvalue weighted by Gasteiger charge is -2.31. The number of amides is 2. The average Bonchev–Trinajstić information content (AvgIpc) is 3.25. The normalized spacial score (nSPS) is 21.0. The molecule has 1 fully saturated rings. The Labute approximate surface area is 189 Å². The minimum Gasteiger partial charge on any atom is -0.508 e. The molecule has 166 valence electrons. The highest BCUT2D eigenvalue weighted by Gasteiger charge is 2.37. The first-order valence-corrected chi connectivity index (χ1v) is 10.7. The maximum atomic E-state index is 13.1. The lowest BCUT2D eigenvalue weighted by molar-refractivity contribution is -0.139. The van der Waals surface area contributed by atoms with Crippen molar-refractivity contribution in [2.24, 2.45) is 5.73 Å². The highest BCUT2D eigenvalue weighted by molar-refractivity contribution is 5.90. The van der Waals surface area contributed by atoms with E-state index in [0.29, 0.717) is 19.4 Å². The Morgan fingerprint density at radius 3 is 2.61 bits per heavy atom. The number of carbonyl (C=O) groups is 2. The van der Waals surface area contributed by atoms with E-state index in [1.54, 1.807) is 29.2 Å². The van der Waals surface area contributed by atoms with Crippen LogP contribution in [0.15, 0.2) is 48.5 Å². The zero-order valence-corrected chi connectivity index (χ0v) is 18.3. The fourth-order valence-corrected chi connectivity index (χ4v) is 4.66. The van der Waals surface area contributed by atoms with Gasteiger partial charge in [-0.1, -0.05) is 36.4 Å². The molecule has 2 amide bonds. The summed E-state index contributed by atoms with van der Waals surface area (Å²) in [5.74, 6) is -0.0941. The van der Waals surface area contributed by atoms with Crippen molar-refractivity contribution >= 4 is 24.2 Å². The summed E-state index contributed by atoms with van der Waals surface area (Å²) >= 11 is 0. The number of nitrogens with zero attached hydrogens (tertiary/aromatic N) is 1. The van der Waals surface area contributed by atoms with Crippen LogP contribution in [0.5, 0.6) is 5.75 Å². The molecule has 1 saturated heterocycles. The third-order valence-electron chi connectivity index (χ3n) is 6.23. The van der Waals surface area contributed by atoms with Crippen molar-refractivity contribution < 1.29 is 14.7 Å². The van der Waals surface area contributed by atoms with Gasteiger partial charge in [0.05, 0.1) is 12.1 Å². The van der Waals surface area contributed by atoms with Gasteiger partial charge in [-0.3, -0.25) is 9.59 Å². The van der Waals surface area contributed by atoms with Gasteiger partial charge < -0.3 is 21.1 Å². The zero-order valence-electron chi connectivity index (χ0n) is 17.5. The number of aromatic hydroxyl groups is 1. The minimum absolute atomic E-state index is 0. The van der Waals surface area contributed by atoms with Crippen molar-refractivity contribution in [2.75, 3.05) is 6.54 Å². The number of likely N-dealkylation sites (tertiary alicyclic amines) is 1. The quantitative estimate of drug-likeness (QED) is 0.662. The van der Waals surface area contributed by atoms with Gasteiger partial charge in [-0.05, 0) is 67.3 Å². The van der Waals surface area contributed by atoms with Crippen molar-refractivity contribution in [1.29, 1.82) is 0 Å². The number of halogens is 1. The van der Waals surface area contributed by atoms with E-state index < -0.39 is 12.1 Å². The van der Waals surface area contributed by atoms with E-state index in [0.717, 1.165) is 31.2 Å². The topological polar surface area (TPSA) is 95.7 Å². The molecule has 4 N–H and O–H groups in total. The highest BCUT2D eigenvalue weighted by Crippen LogP contribution is 2.30. The minimum atomic E-state index is -0.710. The Morgan fingerprint density at radius 1 is 1.10 bits per heavy atom. The van der Waals surface area contributed by atoms with Gasteiger partial charge >= 0.3 is 0 Å². The predicted molar refractivity (Wildman–Crippen MR) is 122 cm³/mol. The lowest BCUT2D eigenvalue weighted by Crippen LogP contribution is -2.52. The summed E-state index contributed by atoms with van der Waals surface area (Å²) in [6.45, 7) is 0.557. The number of nitrogens with two attached hydrogens (primary N) is 1. The fourth-order valence-electron chi connectivity index (χ4n) is 4.66. The number of phenols is 1. The molecule has 2 aromatic rings. The number of phenolic OH excluding ortho intramolecular Hbond substituents is 1. The summed E-state index contributed by atoms with van der Waals surface area (Å²) in [6, 6.07) is 13.8. The van der Waals surface area contributed by atoms with Gasteiger partial charge in [0.25, 0.3) is 0 Å². The third-order valence-corrected chi connectivity index (χ3v) is 6.23. The molecular formula is C24H30ClN3O3. The Hall–Kier alpha value is -2.57. The summed E-state index contributed by atoms with van der Waals surface area (Å²) in [5.41, 5.74) is 9.56. The monoisotopic (exact) mass is 443 g/mol. The smallest absolute Gasteiger partial charge is 0.243 e. The molecule has 1 aliphatic carbocycles. The Kier molecular flexibility index (Phi) is 7.57. The third kappa shape index (κ3) is 5.20. The molecule has 4 rings (SSSR count). The summed E-state index contributed by atoms with van der Waals surface area (Å²) in [4.78, 5) is 27.7. The van der Waals surface area contributed by atoms with Crippen molar-refractivity contribution in [3.8, 4) is 5.75 Å². The van der Waals surface area contributed by atoms with Crippen LogP contribution in [0.2, 0.25) is 0 Å². The highest BCUT2D eigenvalue weighted by atomic mass is 35.5. The van der Waals surface area contributed by atoms with Gasteiger partial charge in [0.2, 0.25) is 11.8 Å². The second kappa shape index (κ2) is 10.2. The van der Waals surface area contributed by atoms with Crippen LogP contribution in [0.4, 0.5) is 0 Å². The molecule has 0 saturated carbocycles. The van der Waals surface area contributed by atoms with E-state index in [-0.39, 0.29) is 36.0 Å². The van der Waals surface area contributed by atoms with Crippen molar-refractivity contribution in [3.63, 3.8) is 0 Å². The number of fused-ring (bicyclic) bond motifs is 1. The maximum Gasteiger partial charge on any atom is 0.243 e. The standard InChI is InChI=1S/C24H29N3O3.ClH/c25-20(15-16-10-12-18(28)13-11-16)24(30)27-14-4-9-22(27)23(29)26-21-8-3-6-17-5-1-2-7-19(17)21;/h1-2,5,7,10-13,20-22,28H,3-4,6,8-9,14-15,25H2,(H,26,29);1H/t20?,21-,22?;/m1./s1. The van der Waals surface area contributed by atoms with Gasteiger partial charge in [0, 0.05) is 6.54 Å². The molecule has 7 heteroatoms. The van der Waals surface area contributed by atoms with Crippen molar-refractivity contribution in [2.45, 2.75) is 56.7 Å². The summed E-state index contributed by atoms with van der Waals surface area (Å²) < 4.78 is 0. The number of nitrogens with one attached hydrogen (secondary N) is 1. The van der Waals surface area contributed by atoms with Crippen LogP contribution in [0.25, 0.3) is 0 Å². The predicted octanol–water partition coefficient (Wildman–Crippen LogP) is 2.87. The molecule has 1 aliphatic heterocycles. The van der Waals surface area contributed by atoms with Crippen LogP contribution in [0.1, 0.15) is 48.4 Å². The van der Waals surface area contributed by atoms with Crippen LogP contribution < -0.4 is 11.1 Å². The summed E-state index contributed by atoms with van der Waals surface area (Å²) in [5, 5.41) is 12.6. The molecule has 31 heavy (non-hydrogen) atoms. The molecule has 0 radical (unpaired) electrons. The Bertz CT molecular complexity index is 919. The molecule has 0 aromatic heterocycles. The SMILES string of the molecule is Cl.NC(Cc1ccc(O)cc1)C(=O)N1CCCC1C(=O)N[C@@H]1CCCc2ccccc21. The molecule has 1 heterocycles. The summed E-state index contributed by atoms with van der Waals surface area (Å²) in [6.07, 6.45) is 4.86. The molecule has 3 atom stereocenters. The van der Waals surface area contributed by atoms with E-state index in [1.165, 1.54) is 11.1 Å². The lowest BCUT2D eigenvalue weighted by atomic mass is 9.87. The van der Waals surface area contributed by atoms with Gasteiger partial charge in [-0.25, -0.2) is 0 Å². The first kappa shape index (κ1) is 23.1. The van der Waals surface area contributed by atoms with Crippen LogP contribution in [-0.2, 0) is 22.4 Å². The van der Waals surface area contributed by atoms with Gasteiger partial charge in [0.1, 0.15) is 11.8 Å². The average molecular weight is 444 g/mol. The Morgan fingerprint density at radius 2 is 1.84 bits per heavy atom. The largest absolute Gasteiger partial charge is 0.508 e. The second-order valence-corrected chi connectivity index (χ2v) is 8.32. The van der Waals surface area contributed by atoms with Gasteiger partial charge in [0.15, 0.2) is 0 Å².